The van der Waals surface area contributed by atoms with E-state index in [1.54, 1.807) is 0 Å². The summed E-state index contributed by atoms with van der Waals surface area (Å²) in [5.41, 5.74) is 5.20. The second-order valence-electron chi connectivity index (χ2n) is 4.18. The molecule has 1 unspecified atom stereocenters. The number of hydrogen-bond donors (Lipinski definition) is 2. The van der Waals surface area contributed by atoms with E-state index >= 15 is 0 Å². The van der Waals surface area contributed by atoms with E-state index in [1.807, 2.05) is 36.4 Å². The molecule has 3 N–H and O–H groups in total. The van der Waals surface area contributed by atoms with Gasteiger partial charge in [0.1, 0.15) is 0 Å². The summed E-state index contributed by atoms with van der Waals surface area (Å²) in [7, 11) is 0. The number of nitrogens with one attached hydrogen (secondary N) is 1. The van der Waals surface area contributed by atoms with Gasteiger partial charge in [-0.1, -0.05) is 45.7 Å². The summed E-state index contributed by atoms with van der Waals surface area (Å²) in [6.45, 7) is 0. The second-order valence-corrected chi connectivity index (χ2v) is 6.63. The Morgan fingerprint density at radius 1 is 1.26 bits per heavy atom. The molecule has 0 saturated carbocycles. The summed E-state index contributed by atoms with van der Waals surface area (Å²) in [6.07, 6.45) is 0.800. The molecule has 0 bridgehead atoms. The Morgan fingerprint density at radius 2 is 2.00 bits per heavy atom. The summed E-state index contributed by atoms with van der Waals surface area (Å²) >= 11 is 11.9. The van der Waals surface area contributed by atoms with Gasteiger partial charge < -0.3 is 0 Å². The van der Waals surface area contributed by atoms with E-state index in [-0.39, 0.29) is 6.04 Å². The molecule has 0 spiro atoms. The fraction of sp³-hybridized carbons (Fsp3) is 0.143. The zero-order valence-electron chi connectivity index (χ0n) is 10.0. The zero-order valence-corrected chi connectivity index (χ0v) is 14.5. The van der Waals surface area contributed by atoms with E-state index < -0.39 is 0 Å². The number of hydrogen-bond acceptors (Lipinski definition) is 2. The molecule has 5 heteroatoms. The quantitative estimate of drug-likeness (QED) is 0.409. The van der Waals surface area contributed by atoms with E-state index in [1.165, 1.54) is 5.56 Å². The predicted molar refractivity (Wildman–Crippen MR) is 92.1 cm³/mol. The van der Waals surface area contributed by atoms with Crippen LogP contribution in [0.1, 0.15) is 17.2 Å². The molecule has 0 aliphatic rings. The van der Waals surface area contributed by atoms with Crippen LogP contribution in [0.2, 0.25) is 5.02 Å². The number of hydrazine groups is 1. The van der Waals surface area contributed by atoms with Crippen LogP contribution in [0, 0.1) is 3.57 Å². The molecule has 0 aliphatic heterocycles. The Labute approximate surface area is 140 Å². The van der Waals surface area contributed by atoms with Crippen molar-refractivity contribution in [3.8, 4) is 0 Å². The summed E-state index contributed by atoms with van der Waals surface area (Å²) in [5, 5.41) is 0.725. The topological polar surface area (TPSA) is 38.0 Å². The van der Waals surface area contributed by atoms with Crippen molar-refractivity contribution in [3.63, 3.8) is 0 Å². The molecular formula is C14H13BrClIN2. The Morgan fingerprint density at radius 3 is 2.68 bits per heavy atom. The molecule has 100 valence electrons. The third kappa shape index (κ3) is 3.92. The SMILES string of the molecule is NNC(Cc1ccccc1Br)c1cc(Cl)ccc1I. The van der Waals surface area contributed by atoms with Crippen LogP contribution < -0.4 is 11.3 Å². The minimum atomic E-state index is 0.0318. The highest BCUT2D eigenvalue weighted by Gasteiger charge is 2.15. The van der Waals surface area contributed by atoms with Gasteiger partial charge in [0.15, 0.2) is 0 Å². The monoisotopic (exact) mass is 450 g/mol. The summed E-state index contributed by atoms with van der Waals surface area (Å²) < 4.78 is 2.24. The van der Waals surface area contributed by atoms with Gasteiger partial charge in [-0.2, -0.15) is 0 Å². The Hall–Kier alpha value is -0.140. The van der Waals surface area contributed by atoms with Crippen molar-refractivity contribution in [2.75, 3.05) is 0 Å². The minimum absolute atomic E-state index is 0.0318. The summed E-state index contributed by atoms with van der Waals surface area (Å²) in [6, 6.07) is 14.0. The van der Waals surface area contributed by atoms with Gasteiger partial charge in [0, 0.05) is 13.1 Å². The summed E-state index contributed by atoms with van der Waals surface area (Å²) in [5.74, 6) is 5.71. The lowest BCUT2D eigenvalue weighted by molar-refractivity contribution is 0.549. The van der Waals surface area contributed by atoms with Gasteiger partial charge >= 0.3 is 0 Å². The van der Waals surface area contributed by atoms with Gasteiger partial charge in [-0.3, -0.25) is 11.3 Å². The van der Waals surface area contributed by atoms with Crippen molar-refractivity contribution in [2.24, 2.45) is 5.84 Å². The molecule has 0 heterocycles. The molecule has 19 heavy (non-hydrogen) atoms. The standard InChI is InChI=1S/C14H13BrClIN2/c15-12-4-2-1-3-9(12)7-14(19-18)11-8-10(16)5-6-13(11)17/h1-6,8,14,19H,7,18H2. The molecule has 0 radical (unpaired) electrons. The number of nitrogens with two attached hydrogens (primary N) is 1. The zero-order chi connectivity index (χ0) is 13.8. The van der Waals surface area contributed by atoms with Crippen molar-refractivity contribution in [3.05, 3.63) is 66.7 Å². The lowest BCUT2D eigenvalue weighted by Crippen LogP contribution is -2.30. The molecule has 0 aliphatic carbocycles. The van der Waals surface area contributed by atoms with E-state index in [0.29, 0.717) is 0 Å². The van der Waals surface area contributed by atoms with Crippen molar-refractivity contribution >= 4 is 50.1 Å². The van der Waals surface area contributed by atoms with Crippen molar-refractivity contribution in [2.45, 2.75) is 12.5 Å². The van der Waals surface area contributed by atoms with E-state index in [2.05, 4.69) is 50.0 Å². The van der Waals surface area contributed by atoms with Crippen LogP contribution in [-0.4, -0.2) is 0 Å². The van der Waals surface area contributed by atoms with E-state index in [9.17, 15) is 0 Å². The first-order valence-electron chi connectivity index (χ1n) is 5.76. The second kappa shape index (κ2) is 7.04. The minimum Gasteiger partial charge on any atom is -0.271 e. The molecule has 2 aromatic carbocycles. The van der Waals surface area contributed by atoms with E-state index in [0.717, 1.165) is 25.0 Å². The van der Waals surface area contributed by atoms with Crippen LogP contribution in [0.3, 0.4) is 0 Å². The maximum Gasteiger partial charge on any atom is 0.0511 e. The van der Waals surface area contributed by atoms with Crippen molar-refractivity contribution < 1.29 is 0 Å². The van der Waals surface area contributed by atoms with Crippen LogP contribution in [0.5, 0.6) is 0 Å². The first kappa shape index (κ1) is 15.3. The third-order valence-electron chi connectivity index (χ3n) is 2.92. The molecule has 2 rings (SSSR count). The fourth-order valence-electron chi connectivity index (χ4n) is 1.92. The molecule has 0 saturated heterocycles. The highest BCUT2D eigenvalue weighted by Crippen LogP contribution is 2.28. The maximum atomic E-state index is 6.07. The lowest BCUT2D eigenvalue weighted by Gasteiger charge is -2.19. The number of halogens is 3. The predicted octanol–water partition coefficient (Wildman–Crippen LogP) is 4.45. The number of rotatable bonds is 4. The highest BCUT2D eigenvalue weighted by molar-refractivity contribution is 14.1. The molecular weight excluding hydrogens is 438 g/mol. The Balaban J connectivity index is 2.30. The van der Waals surface area contributed by atoms with Crippen LogP contribution in [-0.2, 0) is 6.42 Å². The van der Waals surface area contributed by atoms with Crippen LogP contribution >= 0.6 is 50.1 Å². The Kier molecular flexibility index (Phi) is 5.65. The van der Waals surface area contributed by atoms with Crippen LogP contribution in [0.4, 0.5) is 0 Å². The molecule has 1 atom stereocenters. The summed E-state index contributed by atoms with van der Waals surface area (Å²) in [4.78, 5) is 0. The van der Waals surface area contributed by atoms with E-state index in [4.69, 9.17) is 17.4 Å². The van der Waals surface area contributed by atoms with Crippen LogP contribution in [0.15, 0.2) is 46.9 Å². The highest BCUT2D eigenvalue weighted by atomic mass is 127. The average molecular weight is 452 g/mol. The first-order chi connectivity index (χ1) is 9.11. The first-order valence-corrected chi connectivity index (χ1v) is 8.01. The van der Waals surface area contributed by atoms with Gasteiger partial charge in [0.25, 0.3) is 0 Å². The fourth-order valence-corrected chi connectivity index (χ4v) is 3.26. The molecule has 0 fully saturated rings. The van der Waals surface area contributed by atoms with Gasteiger partial charge in [0.05, 0.1) is 6.04 Å². The molecule has 2 nitrogen and oxygen atoms in total. The average Bonchev–Trinajstić information content (AvgIpc) is 2.41. The van der Waals surface area contributed by atoms with Crippen LogP contribution in [0.25, 0.3) is 0 Å². The maximum absolute atomic E-state index is 6.07. The van der Waals surface area contributed by atoms with Crippen molar-refractivity contribution in [1.82, 2.24) is 5.43 Å². The van der Waals surface area contributed by atoms with Gasteiger partial charge in [-0.25, -0.2) is 0 Å². The molecule has 0 amide bonds. The lowest BCUT2D eigenvalue weighted by atomic mass is 9.99. The normalized spacial score (nSPS) is 12.4. The molecule has 0 aromatic heterocycles. The Bertz CT molecular complexity index is 577. The van der Waals surface area contributed by atoms with Crippen molar-refractivity contribution in [1.29, 1.82) is 0 Å². The third-order valence-corrected chi connectivity index (χ3v) is 4.91. The largest absolute Gasteiger partial charge is 0.271 e. The number of benzene rings is 2. The van der Waals surface area contributed by atoms with Gasteiger partial charge in [-0.05, 0) is 64.4 Å². The van der Waals surface area contributed by atoms with Gasteiger partial charge in [-0.15, -0.1) is 0 Å². The smallest absolute Gasteiger partial charge is 0.0511 e. The van der Waals surface area contributed by atoms with Gasteiger partial charge in [0.2, 0.25) is 0 Å². The molecule has 2 aromatic rings.